The molecule has 39 heavy (non-hydrogen) atoms. The number of rotatable bonds is 8. The molecule has 3 aromatic carbocycles. The molecule has 1 heterocycles. The predicted molar refractivity (Wildman–Crippen MR) is 144 cm³/mol. The number of methoxy groups -OCH3 is 1. The van der Waals surface area contributed by atoms with Gasteiger partial charge in [-0.15, -0.1) is 0 Å². The van der Waals surface area contributed by atoms with E-state index in [1.165, 1.54) is 34.8 Å². The first-order valence-corrected chi connectivity index (χ1v) is 12.5. The van der Waals surface area contributed by atoms with Crippen LogP contribution in [0.25, 0.3) is 16.6 Å². The largest absolute Gasteiger partial charge is 0.418 e. The highest BCUT2D eigenvalue weighted by Crippen LogP contribution is 2.35. The van der Waals surface area contributed by atoms with Crippen LogP contribution in [0.3, 0.4) is 0 Å². The highest BCUT2D eigenvalue weighted by atomic mass is 19.4. The molecule has 1 aromatic heterocycles. The Hall–Kier alpha value is -4.18. The molecule has 0 spiro atoms. The third-order valence-electron chi connectivity index (χ3n) is 6.52. The Morgan fingerprint density at radius 3 is 2.38 bits per heavy atom. The van der Waals surface area contributed by atoms with Gasteiger partial charge in [0.25, 0.3) is 5.56 Å². The smallest absolute Gasteiger partial charge is 0.383 e. The lowest BCUT2D eigenvalue weighted by atomic mass is 10.1. The molecular weight excluding hydrogens is 509 g/mol. The van der Waals surface area contributed by atoms with Gasteiger partial charge in [0.05, 0.1) is 40.5 Å². The molecule has 4 aromatic rings. The first-order valence-electron chi connectivity index (χ1n) is 12.5. The first-order chi connectivity index (χ1) is 18.7. The fourth-order valence-corrected chi connectivity index (χ4v) is 4.39. The molecule has 0 aliphatic heterocycles. The average Bonchev–Trinajstić information content (AvgIpc) is 2.93. The van der Waals surface area contributed by atoms with Crippen LogP contribution in [0.1, 0.15) is 36.8 Å². The Bertz CT molecular complexity index is 1520. The fourth-order valence-electron chi connectivity index (χ4n) is 4.39. The number of alkyl halides is 3. The maximum absolute atomic E-state index is 13.7. The summed E-state index contributed by atoms with van der Waals surface area (Å²) in [6.45, 7) is 3.85. The number of ether oxygens (including phenoxy) is 1. The molecule has 1 atom stereocenters. The third-order valence-corrected chi connectivity index (χ3v) is 6.52. The summed E-state index contributed by atoms with van der Waals surface area (Å²) in [5.41, 5.74) is 0.436. The van der Waals surface area contributed by atoms with E-state index in [0.29, 0.717) is 16.6 Å². The van der Waals surface area contributed by atoms with E-state index in [4.69, 9.17) is 9.72 Å². The molecule has 0 bridgehead atoms. The third kappa shape index (κ3) is 5.96. The van der Waals surface area contributed by atoms with E-state index >= 15 is 0 Å². The van der Waals surface area contributed by atoms with Gasteiger partial charge >= 0.3 is 12.2 Å². The second-order valence-corrected chi connectivity index (χ2v) is 8.98. The summed E-state index contributed by atoms with van der Waals surface area (Å²) in [7, 11) is 1.46. The van der Waals surface area contributed by atoms with Crippen LogP contribution in [0, 0.1) is 0 Å². The van der Waals surface area contributed by atoms with Crippen molar-refractivity contribution in [3.05, 3.63) is 100 Å². The number of nitrogens with zero attached hydrogens (tertiary/aromatic N) is 3. The molecule has 0 radical (unpaired) electrons. The van der Waals surface area contributed by atoms with Crippen molar-refractivity contribution in [1.82, 2.24) is 14.5 Å². The van der Waals surface area contributed by atoms with Gasteiger partial charge in [0, 0.05) is 13.7 Å². The topological polar surface area (TPSA) is 76.5 Å². The SMILES string of the molecule is CCc1ccc(-n2c(C(C)N(CCOC)C(=O)Nc3ccccc3C(F)(F)F)nc3ccccc3c2=O)cc1. The highest BCUT2D eigenvalue weighted by Gasteiger charge is 2.34. The summed E-state index contributed by atoms with van der Waals surface area (Å²) in [5.74, 6) is 0.262. The van der Waals surface area contributed by atoms with Crippen molar-refractivity contribution in [2.75, 3.05) is 25.6 Å². The molecular formula is C29H29F3N4O3. The van der Waals surface area contributed by atoms with E-state index in [-0.39, 0.29) is 30.2 Å². The number of hydrogen-bond acceptors (Lipinski definition) is 4. The number of nitrogens with one attached hydrogen (secondary N) is 1. The Kier molecular flexibility index (Phi) is 8.35. The van der Waals surface area contributed by atoms with E-state index in [0.717, 1.165) is 18.1 Å². The van der Waals surface area contributed by atoms with Crippen LogP contribution in [0.4, 0.5) is 23.7 Å². The van der Waals surface area contributed by atoms with Crippen LogP contribution in [-0.2, 0) is 17.3 Å². The van der Waals surface area contributed by atoms with Crippen LogP contribution in [0.2, 0.25) is 0 Å². The lowest BCUT2D eigenvalue weighted by Crippen LogP contribution is -2.41. The van der Waals surface area contributed by atoms with Crippen LogP contribution >= 0.6 is 0 Å². The minimum absolute atomic E-state index is 0.0369. The number of anilines is 1. The monoisotopic (exact) mass is 538 g/mol. The average molecular weight is 539 g/mol. The zero-order valence-electron chi connectivity index (χ0n) is 21.8. The van der Waals surface area contributed by atoms with Crippen molar-refractivity contribution in [2.45, 2.75) is 32.5 Å². The van der Waals surface area contributed by atoms with Gasteiger partial charge in [0.2, 0.25) is 0 Å². The molecule has 10 heteroatoms. The maximum atomic E-state index is 13.7. The lowest BCUT2D eigenvalue weighted by molar-refractivity contribution is -0.136. The number of aryl methyl sites for hydroxylation is 1. The number of urea groups is 1. The zero-order valence-corrected chi connectivity index (χ0v) is 21.8. The summed E-state index contributed by atoms with van der Waals surface area (Å²) < 4.78 is 47.4. The van der Waals surface area contributed by atoms with E-state index in [1.54, 1.807) is 31.2 Å². The molecule has 0 fully saturated rings. The Morgan fingerprint density at radius 2 is 1.72 bits per heavy atom. The number of fused-ring (bicyclic) bond motifs is 1. The summed E-state index contributed by atoms with van der Waals surface area (Å²) in [4.78, 5) is 33.2. The van der Waals surface area contributed by atoms with E-state index in [1.807, 2.05) is 31.2 Å². The van der Waals surface area contributed by atoms with Crippen LogP contribution in [0.15, 0.2) is 77.6 Å². The molecule has 4 rings (SSSR count). The summed E-state index contributed by atoms with van der Waals surface area (Å²) in [5, 5.41) is 2.80. The van der Waals surface area contributed by atoms with Gasteiger partial charge in [-0.05, 0) is 55.3 Å². The molecule has 204 valence electrons. The number of amides is 2. The number of hydrogen-bond donors (Lipinski definition) is 1. The van der Waals surface area contributed by atoms with Crippen molar-refractivity contribution in [1.29, 1.82) is 0 Å². The second-order valence-electron chi connectivity index (χ2n) is 8.98. The van der Waals surface area contributed by atoms with Gasteiger partial charge in [0.15, 0.2) is 0 Å². The maximum Gasteiger partial charge on any atom is 0.418 e. The molecule has 0 saturated carbocycles. The van der Waals surface area contributed by atoms with Gasteiger partial charge in [-0.25, -0.2) is 9.78 Å². The normalized spacial score (nSPS) is 12.4. The number of carbonyl (C=O) groups is 1. The molecule has 7 nitrogen and oxygen atoms in total. The minimum Gasteiger partial charge on any atom is -0.383 e. The molecule has 2 amide bonds. The van der Waals surface area contributed by atoms with Crippen molar-refractivity contribution >= 4 is 22.6 Å². The first kappa shape index (κ1) is 27.8. The van der Waals surface area contributed by atoms with Gasteiger partial charge < -0.3 is 15.0 Å². The Morgan fingerprint density at radius 1 is 1.05 bits per heavy atom. The Labute approximate surface area is 223 Å². The molecule has 0 aliphatic carbocycles. The summed E-state index contributed by atoms with van der Waals surface area (Å²) in [6.07, 6.45) is -3.84. The fraction of sp³-hybridized carbons (Fsp3) is 0.276. The molecule has 1 unspecified atom stereocenters. The Balaban J connectivity index is 1.82. The molecule has 0 aliphatic rings. The number of carbonyl (C=O) groups excluding carboxylic acids is 1. The molecule has 1 N–H and O–H groups in total. The summed E-state index contributed by atoms with van der Waals surface area (Å²) in [6, 6.07) is 17.5. The standard InChI is InChI=1S/C29H29F3N4O3/c1-4-20-13-15-21(16-14-20)36-26(33-24-11-7-5-9-22(24)27(36)37)19(2)35(17-18-39-3)28(38)34-25-12-8-6-10-23(25)29(30,31)32/h5-16,19H,4,17-18H2,1-3H3,(H,34,38). The van der Waals surface area contributed by atoms with E-state index < -0.39 is 23.8 Å². The van der Waals surface area contributed by atoms with E-state index in [2.05, 4.69) is 5.32 Å². The van der Waals surface area contributed by atoms with E-state index in [9.17, 15) is 22.8 Å². The number of aromatic nitrogens is 2. The van der Waals surface area contributed by atoms with Crippen LogP contribution in [-0.4, -0.2) is 40.7 Å². The number of halogens is 3. The predicted octanol–water partition coefficient (Wildman–Crippen LogP) is 6.21. The minimum atomic E-state index is -4.65. The van der Waals surface area contributed by atoms with Gasteiger partial charge in [-0.1, -0.05) is 43.3 Å². The van der Waals surface area contributed by atoms with Crippen molar-refractivity contribution < 1.29 is 22.7 Å². The lowest BCUT2D eigenvalue weighted by Gasteiger charge is -2.31. The van der Waals surface area contributed by atoms with Gasteiger partial charge in [0.1, 0.15) is 5.82 Å². The second kappa shape index (κ2) is 11.7. The van der Waals surface area contributed by atoms with Crippen molar-refractivity contribution in [3.8, 4) is 5.69 Å². The van der Waals surface area contributed by atoms with Gasteiger partial charge in [-0.2, -0.15) is 13.2 Å². The highest BCUT2D eigenvalue weighted by molar-refractivity contribution is 5.90. The van der Waals surface area contributed by atoms with Crippen molar-refractivity contribution in [3.63, 3.8) is 0 Å². The van der Waals surface area contributed by atoms with Crippen molar-refractivity contribution in [2.24, 2.45) is 0 Å². The quantitative estimate of drug-likeness (QED) is 0.290. The number of benzene rings is 3. The van der Waals surface area contributed by atoms with Gasteiger partial charge in [-0.3, -0.25) is 9.36 Å². The van der Waals surface area contributed by atoms with Crippen LogP contribution < -0.4 is 10.9 Å². The molecule has 0 saturated heterocycles. The van der Waals surface area contributed by atoms with Crippen LogP contribution in [0.5, 0.6) is 0 Å². The zero-order chi connectivity index (χ0) is 28.2. The summed E-state index contributed by atoms with van der Waals surface area (Å²) >= 11 is 0. The number of para-hydroxylation sites is 2.